The molecule has 0 saturated heterocycles. The van der Waals surface area contributed by atoms with E-state index in [9.17, 15) is 19.5 Å². The van der Waals surface area contributed by atoms with E-state index in [4.69, 9.17) is 8.83 Å². The molecular formula is C21H15NO6. The Morgan fingerprint density at radius 1 is 0.964 bits per heavy atom. The van der Waals surface area contributed by atoms with Crippen molar-refractivity contribution in [2.24, 2.45) is 0 Å². The van der Waals surface area contributed by atoms with E-state index >= 15 is 0 Å². The van der Waals surface area contributed by atoms with Crippen LogP contribution in [0.2, 0.25) is 0 Å². The van der Waals surface area contributed by atoms with Gasteiger partial charge in [0.05, 0.1) is 6.26 Å². The number of carbonyl (C=O) groups excluding carboxylic acids is 2. The molecule has 1 unspecified atom stereocenters. The zero-order chi connectivity index (χ0) is 19.7. The quantitative estimate of drug-likeness (QED) is 0.497. The normalized spacial score (nSPS) is 12.1. The Kier molecular flexibility index (Phi) is 4.41. The molecule has 0 aliphatic heterocycles. The zero-order valence-corrected chi connectivity index (χ0v) is 14.5. The smallest absolute Gasteiger partial charge is 0.326 e. The van der Waals surface area contributed by atoms with Gasteiger partial charge in [-0.3, -0.25) is 9.59 Å². The fourth-order valence-electron chi connectivity index (χ4n) is 3.04. The molecule has 7 nitrogen and oxygen atoms in total. The van der Waals surface area contributed by atoms with E-state index in [1.165, 1.54) is 18.4 Å². The van der Waals surface area contributed by atoms with Crippen molar-refractivity contribution in [3.63, 3.8) is 0 Å². The van der Waals surface area contributed by atoms with Crippen molar-refractivity contribution < 1.29 is 28.3 Å². The molecule has 0 aliphatic rings. The molecule has 7 heteroatoms. The van der Waals surface area contributed by atoms with Crippen molar-refractivity contribution in [1.82, 2.24) is 5.32 Å². The topological polar surface area (TPSA) is 110 Å². The minimum absolute atomic E-state index is 0.0232. The lowest BCUT2D eigenvalue weighted by atomic mass is 10.0. The van der Waals surface area contributed by atoms with Gasteiger partial charge in [0.15, 0.2) is 11.5 Å². The largest absolute Gasteiger partial charge is 0.480 e. The number of rotatable bonds is 6. The number of furan rings is 2. The summed E-state index contributed by atoms with van der Waals surface area (Å²) in [6.07, 6.45) is 0.920. The van der Waals surface area contributed by atoms with Gasteiger partial charge in [-0.15, -0.1) is 0 Å². The number of amides is 1. The lowest BCUT2D eigenvalue weighted by Crippen LogP contribution is -2.42. The Balaban J connectivity index is 1.58. The molecule has 0 fully saturated rings. The summed E-state index contributed by atoms with van der Waals surface area (Å²) in [4.78, 5) is 36.2. The SMILES string of the molecule is O=C(CC(NC(=O)c1ccco1)C(=O)O)c1ccc2oc3ccccc3c2c1. The van der Waals surface area contributed by atoms with Gasteiger partial charge in [0, 0.05) is 22.8 Å². The van der Waals surface area contributed by atoms with E-state index < -0.39 is 23.7 Å². The number of ketones is 1. The van der Waals surface area contributed by atoms with E-state index in [0.717, 1.165) is 10.8 Å². The highest BCUT2D eigenvalue weighted by Crippen LogP contribution is 2.29. The first-order chi connectivity index (χ1) is 13.5. The van der Waals surface area contributed by atoms with Gasteiger partial charge in [-0.2, -0.15) is 0 Å². The molecule has 2 heterocycles. The van der Waals surface area contributed by atoms with Gasteiger partial charge >= 0.3 is 5.97 Å². The van der Waals surface area contributed by atoms with Crippen molar-refractivity contribution >= 4 is 39.6 Å². The van der Waals surface area contributed by atoms with Gasteiger partial charge in [-0.1, -0.05) is 18.2 Å². The minimum atomic E-state index is -1.37. The van der Waals surface area contributed by atoms with Crippen LogP contribution in [-0.4, -0.2) is 28.8 Å². The average Bonchev–Trinajstić information content (AvgIpc) is 3.34. The third kappa shape index (κ3) is 3.25. The highest BCUT2D eigenvalue weighted by molar-refractivity contribution is 6.09. The third-order valence-electron chi connectivity index (χ3n) is 4.44. The first-order valence-corrected chi connectivity index (χ1v) is 8.54. The summed E-state index contributed by atoms with van der Waals surface area (Å²) < 4.78 is 10.7. The summed E-state index contributed by atoms with van der Waals surface area (Å²) in [7, 11) is 0. The molecular weight excluding hydrogens is 362 g/mol. The van der Waals surface area contributed by atoms with E-state index in [1.54, 1.807) is 18.2 Å². The first kappa shape index (κ1) is 17.5. The molecule has 140 valence electrons. The van der Waals surface area contributed by atoms with Crippen LogP contribution in [-0.2, 0) is 4.79 Å². The summed E-state index contributed by atoms with van der Waals surface area (Å²) in [5, 5.41) is 13.3. The van der Waals surface area contributed by atoms with Crippen LogP contribution in [0, 0.1) is 0 Å². The van der Waals surface area contributed by atoms with Crippen molar-refractivity contribution in [1.29, 1.82) is 0 Å². The molecule has 4 rings (SSSR count). The second kappa shape index (κ2) is 7.03. The predicted octanol–water partition coefficient (Wildman–Crippen LogP) is 3.64. The van der Waals surface area contributed by atoms with E-state index in [-0.39, 0.29) is 12.2 Å². The minimum Gasteiger partial charge on any atom is -0.480 e. The van der Waals surface area contributed by atoms with Crippen LogP contribution in [0.3, 0.4) is 0 Å². The van der Waals surface area contributed by atoms with Gasteiger partial charge in [0.1, 0.15) is 17.2 Å². The molecule has 2 N–H and O–H groups in total. The molecule has 0 spiro atoms. The molecule has 0 radical (unpaired) electrons. The summed E-state index contributed by atoms with van der Waals surface area (Å²) in [5.74, 6) is -2.42. The van der Waals surface area contributed by atoms with Crippen LogP contribution in [0.1, 0.15) is 27.3 Å². The Hall–Kier alpha value is -3.87. The zero-order valence-electron chi connectivity index (χ0n) is 14.5. The summed E-state index contributed by atoms with van der Waals surface area (Å²) in [6, 6.07) is 13.9. The second-order valence-corrected chi connectivity index (χ2v) is 6.28. The molecule has 0 saturated carbocycles. The number of para-hydroxylation sites is 1. The van der Waals surface area contributed by atoms with Crippen molar-refractivity contribution in [2.75, 3.05) is 0 Å². The van der Waals surface area contributed by atoms with Crippen molar-refractivity contribution in [3.8, 4) is 0 Å². The number of fused-ring (bicyclic) bond motifs is 3. The summed E-state index contributed by atoms with van der Waals surface area (Å²) in [6.45, 7) is 0. The number of benzene rings is 2. The van der Waals surface area contributed by atoms with Crippen LogP contribution in [0.4, 0.5) is 0 Å². The lowest BCUT2D eigenvalue weighted by Gasteiger charge is -2.13. The monoisotopic (exact) mass is 377 g/mol. The van der Waals surface area contributed by atoms with Crippen LogP contribution in [0.5, 0.6) is 0 Å². The van der Waals surface area contributed by atoms with Crippen molar-refractivity contribution in [3.05, 3.63) is 72.2 Å². The molecule has 4 aromatic rings. The molecule has 1 atom stereocenters. The number of hydrogen-bond donors (Lipinski definition) is 2. The van der Waals surface area contributed by atoms with Gasteiger partial charge in [0.25, 0.3) is 5.91 Å². The molecule has 2 aromatic heterocycles. The van der Waals surface area contributed by atoms with E-state index in [1.807, 2.05) is 24.3 Å². The fourth-order valence-corrected chi connectivity index (χ4v) is 3.04. The van der Waals surface area contributed by atoms with Crippen LogP contribution < -0.4 is 5.32 Å². The Morgan fingerprint density at radius 2 is 1.75 bits per heavy atom. The number of hydrogen-bond acceptors (Lipinski definition) is 5. The maximum atomic E-state index is 12.7. The summed E-state index contributed by atoms with van der Waals surface area (Å²) >= 11 is 0. The van der Waals surface area contributed by atoms with Crippen LogP contribution >= 0.6 is 0 Å². The highest BCUT2D eigenvalue weighted by atomic mass is 16.4. The van der Waals surface area contributed by atoms with Gasteiger partial charge in [0.2, 0.25) is 0 Å². The number of aliphatic carboxylic acids is 1. The van der Waals surface area contributed by atoms with Gasteiger partial charge in [-0.05, 0) is 36.4 Å². The maximum absolute atomic E-state index is 12.7. The van der Waals surface area contributed by atoms with Crippen LogP contribution in [0.25, 0.3) is 21.9 Å². The molecule has 28 heavy (non-hydrogen) atoms. The Bertz CT molecular complexity index is 1190. The Morgan fingerprint density at radius 3 is 2.50 bits per heavy atom. The fraction of sp³-hybridized carbons (Fsp3) is 0.0952. The maximum Gasteiger partial charge on any atom is 0.326 e. The van der Waals surface area contributed by atoms with Crippen LogP contribution in [0.15, 0.2) is 69.7 Å². The third-order valence-corrected chi connectivity index (χ3v) is 4.44. The number of Topliss-reactive ketones (excluding diaryl/α,β-unsaturated/α-hetero) is 1. The number of carbonyl (C=O) groups is 3. The van der Waals surface area contributed by atoms with E-state index in [2.05, 4.69) is 5.32 Å². The molecule has 0 bridgehead atoms. The van der Waals surface area contributed by atoms with Gasteiger partial charge < -0.3 is 19.3 Å². The van der Waals surface area contributed by atoms with Crippen molar-refractivity contribution in [2.45, 2.75) is 12.5 Å². The average molecular weight is 377 g/mol. The number of carboxylic acid groups (broad SMARTS) is 1. The predicted molar refractivity (Wildman–Crippen MR) is 100 cm³/mol. The Labute approximate surface area is 158 Å². The first-order valence-electron chi connectivity index (χ1n) is 8.54. The second-order valence-electron chi connectivity index (χ2n) is 6.28. The standard InChI is InChI=1S/C21H15NO6/c23-16(11-15(21(25)26)22-20(24)19-6-3-9-27-19)12-7-8-18-14(10-12)13-4-1-2-5-17(13)28-18/h1-10,15H,11H2,(H,22,24)(H,25,26). The number of carboxylic acids is 1. The van der Waals surface area contributed by atoms with Gasteiger partial charge in [-0.25, -0.2) is 4.79 Å². The molecule has 1 amide bonds. The highest BCUT2D eigenvalue weighted by Gasteiger charge is 2.25. The summed E-state index contributed by atoms with van der Waals surface area (Å²) in [5.41, 5.74) is 1.69. The lowest BCUT2D eigenvalue weighted by molar-refractivity contribution is -0.139. The molecule has 2 aromatic carbocycles. The molecule has 0 aliphatic carbocycles. The number of nitrogens with one attached hydrogen (secondary N) is 1. The van der Waals surface area contributed by atoms with E-state index in [0.29, 0.717) is 16.7 Å².